The van der Waals surface area contributed by atoms with Crippen LogP contribution in [0.15, 0.2) is 23.1 Å². The molecule has 2 rings (SSSR count). The van der Waals surface area contributed by atoms with Crippen molar-refractivity contribution in [1.29, 1.82) is 0 Å². The van der Waals surface area contributed by atoms with Gasteiger partial charge in [0.05, 0.1) is 20.8 Å². The molecule has 0 amide bonds. The minimum absolute atomic E-state index is 0.0740. The minimum atomic E-state index is -3.73. The Labute approximate surface area is 161 Å². The summed E-state index contributed by atoms with van der Waals surface area (Å²) in [5.74, 6) is 0.401. The van der Waals surface area contributed by atoms with Crippen LogP contribution in [0.3, 0.4) is 0 Å². The second-order valence-electron chi connectivity index (χ2n) is 7.28. The normalized spacial score (nSPS) is 16.8. The number of hydrogen-bond donors (Lipinski definition) is 0. The summed E-state index contributed by atoms with van der Waals surface area (Å²) in [6.07, 6.45) is 0. The Morgan fingerprint density at radius 1 is 1.07 bits per heavy atom. The predicted octanol–water partition coefficient (Wildman–Crippen LogP) is 1.35. The molecule has 0 atom stereocenters. The van der Waals surface area contributed by atoms with E-state index in [0.717, 1.165) is 0 Å². The van der Waals surface area contributed by atoms with Crippen molar-refractivity contribution in [1.82, 2.24) is 9.21 Å². The van der Waals surface area contributed by atoms with Crippen LogP contribution in [0.1, 0.15) is 20.8 Å². The molecule has 1 aromatic rings. The number of carbonyl (C=O) groups is 1. The quantitative estimate of drug-likeness (QED) is 0.667. The van der Waals surface area contributed by atoms with Crippen LogP contribution in [0.25, 0.3) is 0 Å². The lowest BCUT2D eigenvalue weighted by atomic mass is 10.2. The van der Waals surface area contributed by atoms with Crippen molar-refractivity contribution in [2.45, 2.75) is 31.3 Å². The van der Waals surface area contributed by atoms with E-state index in [1.807, 2.05) is 25.7 Å². The molecule has 0 unspecified atom stereocenters. The molecule has 0 aromatic heterocycles. The van der Waals surface area contributed by atoms with Crippen LogP contribution in [0.5, 0.6) is 11.5 Å². The Kier molecular flexibility index (Phi) is 6.72. The molecule has 8 nitrogen and oxygen atoms in total. The van der Waals surface area contributed by atoms with Crippen LogP contribution < -0.4 is 9.47 Å². The van der Waals surface area contributed by atoms with Crippen LogP contribution >= 0.6 is 0 Å². The van der Waals surface area contributed by atoms with Crippen molar-refractivity contribution < 1.29 is 27.4 Å². The third kappa shape index (κ3) is 5.57. The summed E-state index contributed by atoms with van der Waals surface area (Å²) >= 11 is 0. The van der Waals surface area contributed by atoms with Gasteiger partial charge in [-0.05, 0) is 32.9 Å². The molecule has 0 radical (unpaired) electrons. The van der Waals surface area contributed by atoms with Gasteiger partial charge in [-0.25, -0.2) is 8.42 Å². The number of benzene rings is 1. The van der Waals surface area contributed by atoms with Gasteiger partial charge in [0.25, 0.3) is 0 Å². The second-order valence-corrected chi connectivity index (χ2v) is 9.19. The molecule has 0 aliphatic carbocycles. The highest BCUT2D eigenvalue weighted by atomic mass is 32.2. The largest absolute Gasteiger partial charge is 0.497 e. The van der Waals surface area contributed by atoms with Crippen molar-refractivity contribution in [3.63, 3.8) is 0 Å². The third-order valence-corrected chi connectivity index (χ3v) is 6.01. The van der Waals surface area contributed by atoms with Gasteiger partial charge in [-0.15, -0.1) is 0 Å². The Bertz CT molecular complexity index is 765. The van der Waals surface area contributed by atoms with Crippen molar-refractivity contribution in [2.75, 3.05) is 46.9 Å². The maximum Gasteiger partial charge on any atom is 0.320 e. The molecule has 1 saturated heterocycles. The number of carbonyl (C=O) groups excluding carboxylic acids is 1. The number of methoxy groups -OCH3 is 2. The van der Waals surface area contributed by atoms with Gasteiger partial charge >= 0.3 is 5.97 Å². The van der Waals surface area contributed by atoms with E-state index in [9.17, 15) is 13.2 Å². The van der Waals surface area contributed by atoms with Crippen molar-refractivity contribution in [3.05, 3.63) is 18.2 Å². The minimum Gasteiger partial charge on any atom is -0.497 e. The van der Waals surface area contributed by atoms with Crippen molar-refractivity contribution in [3.8, 4) is 11.5 Å². The van der Waals surface area contributed by atoms with E-state index in [0.29, 0.717) is 18.8 Å². The standard InChI is InChI=1S/C18H28N2O6S/c1-18(2,3)26-17(21)13-19-8-10-20(11-9-19)27(22,23)16-12-14(24-4)6-7-15(16)25-5/h6-7,12H,8-11,13H2,1-5H3. The van der Waals surface area contributed by atoms with Gasteiger partial charge in [-0.2, -0.15) is 4.31 Å². The number of rotatable bonds is 6. The van der Waals surface area contributed by atoms with Gasteiger partial charge in [0.2, 0.25) is 10.0 Å². The molecule has 1 aliphatic heterocycles. The molecule has 1 aliphatic rings. The second kappa shape index (κ2) is 8.45. The summed E-state index contributed by atoms with van der Waals surface area (Å²) in [5.41, 5.74) is -0.537. The van der Waals surface area contributed by atoms with Gasteiger partial charge in [-0.3, -0.25) is 9.69 Å². The maximum atomic E-state index is 13.0. The monoisotopic (exact) mass is 400 g/mol. The van der Waals surface area contributed by atoms with Gasteiger partial charge in [0.1, 0.15) is 22.0 Å². The predicted molar refractivity (Wildman–Crippen MR) is 101 cm³/mol. The van der Waals surface area contributed by atoms with Crippen LogP contribution in [-0.4, -0.2) is 76.1 Å². The Morgan fingerprint density at radius 2 is 1.70 bits per heavy atom. The van der Waals surface area contributed by atoms with Crippen LogP contribution in [0.2, 0.25) is 0 Å². The van der Waals surface area contributed by atoms with Gasteiger partial charge in [0, 0.05) is 32.2 Å². The molecule has 1 aromatic carbocycles. The SMILES string of the molecule is COc1ccc(OC)c(S(=O)(=O)N2CCN(CC(=O)OC(C)(C)C)CC2)c1. The fourth-order valence-electron chi connectivity index (χ4n) is 2.81. The summed E-state index contributed by atoms with van der Waals surface area (Å²) in [6, 6.07) is 4.68. The van der Waals surface area contributed by atoms with E-state index in [2.05, 4.69) is 0 Å². The number of hydrogen-bond acceptors (Lipinski definition) is 7. The maximum absolute atomic E-state index is 13.0. The summed E-state index contributed by atoms with van der Waals surface area (Å²) in [7, 11) is -0.823. The highest BCUT2D eigenvalue weighted by Crippen LogP contribution is 2.31. The Hall–Kier alpha value is -1.84. The van der Waals surface area contributed by atoms with E-state index in [-0.39, 0.29) is 36.2 Å². The summed E-state index contributed by atoms with van der Waals surface area (Å²) in [5, 5.41) is 0. The summed E-state index contributed by atoms with van der Waals surface area (Å²) in [6.45, 7) is 7.06. The first-order valence-corrected chi connectivity index (χ1v) is 10.2. The molecule has 0 spiro atoms. The lowest BCUT2D eigenvalue weighted by Crippen LogP contribution is -2.50. The lowest BCUT2D eigenvalue weighted by Gasteiger charge is -2.34. The molecule has 0 N–H and O–H groups in total. The Morgan fingerprint density at radius 3 is 2.22 bits per heavy atom. The number of piperazine rings is 1. The van der Waals surface area contributed by atoms with Gasteiger partial charge < -0.3 is 14.2 Å². The van der Waals surface area contributed by atoms with Gasteiger partial charge in [0.15, 0.2) is 0 Å². The fraction of sp³-hybridized carbons (Fsp3) is 0.611. The number of sulfonamides is 1. The number of nitrogens with zero attached hydrogens (tertiary/aromatic N) is 2. The molecule has 9 heteroatoms. The van der Waals surface area contributed by atoms with Crippen LogP contribution in [0.4, 0.5) is 0 Å². The third-order valence-electron chi connectivity index (χ3n) is 4.09. The highest BCUT2D eigenvalue weighted by molar-refractivity contribution is 7.89. The zero-order valence-electron chi connectivity index (χ0n) is 16.5. The van der Waals surface area contributed by atoms with E-state index in [1.54, 1.807) is 12.1 Å². The summed E-state index contributed by atoms with van der Waals surface area (Å²) in [4.78, 5) is 13.9. The Balaban J connectivity index is 2.06. The van der Waals surface area contributed by atoms with E-state index >= 15 is 0 Å². The molecule has 0 saturated carbocycles. The smallest absolute Gasteiger partial charge is 0.320 e. The first-order valence-electron chi connectivity index (χ1n) is 8.73. The zero-order valence-corrected chi connectivity index (χ0v) is 17.3. The van der Waals surface area contributed by atoms with Crippen LogP contribution in [0, 0.1) is 0 Å². The number of ether oxygens (including phenoxy) is 3. The average molecular weight is 400 g/mol. The first-order chi connectivity index (χ1) is 12.6. The topological polar surface area (TPSA) is 85.4 Å². The zero-order chi connectivity index (χ0) is 20.2. The fourth-order valence-corrected chi connectivity index (χ4v) is 4.40. The molecule has 1 heterocycles. The van der Waals surface area contributed by atoms with E-state index in [4.69, 9.17) is 14.2 Å². The molecule has 0 bridgehead atoms. The van der Waals surface area contributed by atoms with E-state index in [1.165, 1.54) is 24.6 Å². The lowest BCUT2D eigenvalue weighted by molar-refractivity contribution is -0.156. The van der Waals surface area contributed by atoms with Gasteiger partial charge in [-0.1, -0.05) is 0 Å². The van der Waals surface area contributed by atoms with Crippen molar-refractivity contribution in [2.24, 2.45) is 0 Å². The molecule has 27 heavy (non-hydrogen) atoms. The van der Waals surface area contributed by atoms with Crippen molar-refractivity contribution >= 4 is 16.0 Å². The molecular formula is C18H28N2O6S. The molecular weight excluding hydrogens is 372 g/mol. The average Bonchev–Trinajstić information content (AvgIpc) is 2.60. The molecule has 152 valence electrons. The number of esters is 1. The summed E-state index contributed by atoms with van der Waals surface area (Å²) < 4.78 is 43.1. The first kappa shape index (κ1) is 21.5. The van der Waals surface area contributed by atoms with Crippen LogP contribution in [-0.2, 0) is 19.6 Å². The van der Waals surface area contributed by atoms with E-state index < -0.39 is 15.6 Å². The highest BCUT2D eigenvalue weighted by Gasteiger charge is 2.32. The molecule has 1 fully saturated rings.